The molecule has 0 aromatic heterocycles. The summed E-state index contributed by atoms with van der Waals surface area (Å²) >= 11 is 0. The number of rotatable bonds is 4. The third kappa shape index (κ3) is 3.11. The van der Waals surface area contributed by atoms with E-state index in [0.717, 1.165) is 34.5 Å². The molecular formula is C26H24N2. The first-order valence-electron chi connectivity index (χ1n) is 9.67. The van der Waals surface area contributed by atoms with Gasteiger partial charge in [-0.15, -0.1) is 0 Å². The Morgan fingerprint density at radius 2 is 1.79 bits per heavy atom. The zero-order valence-electron chi connectivity index (χ0n) is 16.2. The lowest BCUT2D eigenvalue weighted by Crippen LogP contribution is -2.12. The second-order valence-electron chi connectivity index (χ2n) is 7.12. The molecule has 0 saturated carbocycles. The SMILES string of the molecule is C=C/C=C(\C=C/C)C1C(=C)C=Nc2c1ccc1c2N=CCC1c1ccccc1. The van der Waals surface area contributed by atoms with Crippen molar-refractivity contribution in [1.82, 2.24) is 0 Å². The Bertz CT molecular complexity index is 1040. The highest BCUT2D eigenvalue weighted by molar-refractivity contribution is 5.93. The van der Waals surface area contributed by atoms with E-state index in [1.54, 1.807) is 0 Å². The smallest absolute Gasteiger partial charge is 0.0930 e. The van der Waals surface area contributed by atoms with Gasteiger partial charge < -0.3 is 0 Å². The van der Waals surface area contributed by atoms with Crippen LogP contribution in [-0.2, 0) is 0 Å². The van der Waals surface area contributed by atoms with Crippen molar-refractivity contribution >= 4 is 23.8 Å². The summed E-state index contributed by atoms with van der Waals surface area (Å²) in [6.07, 6.45) is 12.9. The summed E-state index contributed by atoms with van der Waals surface area (Å²) in [5.74, 6) is 0.385. The van der Waals surface area contributed by atoms with Gasteiger partial charge >= 0.3 is 0 Å². The predicted octanol–water partition coefficient (Wildman–Crippen LogP) is 6.97. The van der Waals surface area contributed by atoms with E-state index in [-0.39, 0.29) is 5.92 Å². The van der Waals surface area contributed by atoms with E-state index in [0.29, 0.717) is 5.92 Å². The summed E-state index contributed by atoms with van der Waals surface area (Å²) in [5, 5.41) is 0. The largest absolute Gasteiger partial charge is 0.259 e. The van der Waals surface area contributed by atoms with Crippen molar-refractivity contribution in [3.63, 3.8) is 0 Å². The average Bonchev–Trinajstić information content (AvgIpc) is 2.73. The number of allylic oxidation sites excluding steroid dienone is 6. The van der Waals surface area contributed by atoms with Crippen LogP contribution in [0.3, 0.4) is 0 Å². The maximum atomic E-state index is 4.77. The van der Waals surface area contributed by atoms with E-state index in [4.69, 9.17) is 9.98 Å². The van der Waals surface area contributed by atoms with Gasteiger partial charge in [0, 0.05) is 24.3 Å². The molecule has 0 saturated heterocycles. The fourth-order valence-electron chi connectivity index (χ4n) is 4.17. The highest BCUT2D eigenvalue weighted by Gasteiger charge is 2.29. The van der Waals surface area contributed by atoms with E-state index < -0.39 is 0 Å². The molecule has 2 aromatic rings. The van der Waals surface area contributed by atoms with Gasteiger partial charge in [0.2, 0.25) is 0 Å². The Balaban J connectivity index is 1.86. The second-order valence-corrected chi connectivity index (χ2v) is 7.12. The Morgan fingerprint density at radius 3 is 2.54 bits per heavy atom. The van der Waals surface area contributed by atoms with Crippen LogP contribution < -0.4 is 0 Å². The standard InChI is InChI=1S/C26H24N2/c1-4-9-20(10-5-2)24-18(3)17-28-26-23(24)14-13-22-21(15-16-27-25(22)26)19-11-7-6-8-12-19/h4-14,16-17,21,24H,1,3,15H2,2H3/b10-5-,20-9+. The van der Waals surface area contributed by atoms with Crippen molar-refractivity contribution in [3.8, 4) is 0 Å². The first-order valence-corrected chi connectivity index (χ1v) is 9.67. The van der Waals surface area contributed by atoms with Gasteiger partial charge in [-0.05, 0) is 41.2 Å². The van der Waals surface area contributed by atoms with Gasteiger partial charge in [0.1, 0.15) is 0 Å². The van der Waals surface area contributed by atoms with Gasteiger partial charge in [-0.1, -0.05) is 79.9 Å². The number of hydrogen-bond donors (Lipinski definition) is 0. The molecule has 0 amide bonds. The normalized spacial score (nSPS) is 20.9. The lowest BCUT2D eigenvalue weighted by atomic mass is 9.79. The number of fused-ring (bicyclic) bond motifs is 3. The summed E-state index contributed by atoms with van der Waals surface area (Å²) in [5.41, 5.74) is 7.82. The van der Waals surface area contributed by atoms with Crippen LogP contribution in [0.15, 0.2) is 101 Å². The summed E-state index contributed by atoms with van der Waals surface area (Å²) < 4.78 is 0. The Labute approximate surface area is 167 Å². The van der Waals surface area contributed by atoms with Gasteiger partial charge in [-0.2, -0.15) is 0 Å². The maximum Gasteiger partial charge on any atom is 0.0930 e. The van der Waals surface area contributed by atoms with Crippen molar-refractivity contribution in [2.45, 2.75) is 25.2 Å². The number of aliphatic imine (C=N–C) groups is 2. The van der Waals surface area contributed by atoms with Crippen LogP contribution >= 0.6 is 0 Å². The molecule has 2 atom stereocenters. The minimum Gasteiger partial charge on any atom is -0.259 e. The molecular weight excluding hydrogens is 340 g/mol. The summed E-state index contributed by atoms with van der Waals surface area (Å²) in [6, 6.07) is 15.1. The van der Waals surface area contributed by atoms with Crippen LogP contribution in [0.2, 0.25) is 0 Å². The van der Waals surface area contributed by atoms with Crippen molar-refractivity contribution in [1.29, 1.82) is 0 Å². The third-order valence-electron chi connectivity index (χ3n) is 5.40. The minimum atomic E-state index is 0.0688. The molecule has 28 heavy (non-hydrogen) atoms. The average molecular weight is 364 g/mol. The summed E-state index contributed by atoms with van der Waals surface area (Å²) in [7, 11) is 0. The molecule has 4 rings (SSSR count). The van der Waals surface area contributed by atoms with Gasteiger partial charge in [-0.3, -0.25) is 9.98 Å². The first-order chi connectivity index (χ1) is 13.7. The van der Waals surface area contributed by atoms with E-state index in [1.807, 2.05) is 31.5 Å². The number of hydrogen-bond acceptors (Lipinski definition) is 2. The Morgan fingerprint density at radius 1 is 1.04 bits per heavy atom. The lowest BCUT2D eigenvalue weighted by Gasteiger charge is -2.29. The molecule has 2 aromatic carbocycles. The van der Waals surface area contributed by atoms with E-state index in [9.17, 15) is 0 Å². The van der Waals surface area contributed by atoms with Crippen molar-refractivity contribution in [3.05, 3.63) is 108 Å². The van der Waals surface area contributed by atoms with Crippen molar-refractivity contribution in [2.75, 3.05) is 0 Å². The Kier molecular flexibility index (Phi) is 5.03. The fraction of sp³-hybridized carbons (Fsp3) is 0.154. The molecule has 2 heterocycles. The number of benzene rings is 2. The molecule has 0 aliphatic carbocycles. The number of nitrogens with zero attached hydrogens (tertiary/aromatic N) is 2. The zero-order chi connectivity index (χ0) is 19.5. The predicted molar refractivity (Wildman–Crippen MR) is 121 cm³/mol. The second kappa shape index (κ2) is 7.77. The summed E-state index contributed by atoms with van der Waals surface area (Å²) in [6.45, 7) is 10.2. The molecule has 0 spiro atoms. The fourth-order valence-corrected chi connectivity index (χ4v) is 4.17. The van der Waals surface area contributed by atoms with Gasteiger partial charge in [0.05, 0.1) is 11.4 Å². The molecule has 0 bridgehead atoms. The van der Waals surface area contributed by atoms with Gasteiger partial charge in [0.15, 0.2) is 0 Å². The molecule has 0 N–H and O–H groups in total. The molecule has 0 fully saturated rings. The monoisotopic (exact) mass is 364 g/mol. The molecule has 2 unspecified atom stereocenters. The third-order valence-corrected chi connectivity index (χ3v) is 5.40. The van der Waals surface area contributed by atoms with Gasteiger partial charge in [-0.25, -0.2) is 0 Å². The van der Waals surface area contributed by atoms with E-state index in [2.05, 4.69) is 67.8 Å². The first kappa shape index (κ1) is 18.1. The van der Waals surface area contributed by atoms with Crippen molar-refractivity contribution < 1.29 is 0 Å². The molecule has 0 radical (unpaired) electrons. The van der Waals surface area contributed by atoms with E-state index in [1.165, 1.54) is 11.1 Å². The summed E-state index contributed by atoms with van der Waals surface area (Å²) in [4.78, 5) is 9.52. The van der Waals surface area contributed by atoms with Crippen LogP contribution in [0.25, 0.3) is 0 Å². The quantitative estimate of drug-likeness (QED) is 0.523. The van der Waals surface area contributed by atoms with Gasteiger partial charge in [0.25, 0.3) is 0 Å². The van der Waals surface area contributed by atoms with Crippen LogP contribution in [0.5, 0.6) is 0 Å². The van der Waals surface area contributed by atoms with Crippen molar-refractivity contribution in [2.24, 2.45) is 9.98 Å². The van der Waals surface area contributed by atoms with Crippen LogP contribution in [0, 0.1) is 0 Å². The highest BCUT2D eigenvalue weighted by Crippen LogP contribution is 2.50. The molecule has 2 heteroatoms. The minimum absolute atomic E-state index is 0.0688. The lowest BCUT2D eigenvalue weighted by molar-refractivity contribution is 0.847. The molecule has 2 nitrogen and oxygen atoms in total. The van der Waals surface area contributed by atoms with Crippen LogP contribution in [0.1, 0.15) is 41.9 Å². The topological polar surface area (TPSA) is 24.7 Å². The highest BCUT2D eigenvalue weighted by atomic mass is 14.8. The van der Waals surface area contributed by atoms with Crippen LogP contribution in [0.4, 0.5) is 11.4 Å². The maximum absolute atomic E-state index is 4.77. The molecule has 2 aliphatic rings. The van der Waals surface area contributed by atoms with Crippen LogP contribution in [-0.4, -0.2) is 12.4 Å². The Hall–Kier alpha value is -3.26. The molecule has 138 valence electrons. The molecule has 2 aliphatic heterocycles. The zero-order valence-corrected chi connectivity index (χ0v) is 16.2. The van der Waals surface area contributed by atoms with E-state index >= 15 is 0 Å².